The second-order valence-electron chi connectivity index (χ2n) is 6.03. The second-order valence-corrected chi connectivity index (χ2v) is 6.87. The van der Waals surface area contributed by atoms with Crippen molar-refractivity contribution in [1.82, 2.24) is 15.2 Å². The minimum Gasteiger partial charge on any atom is -0.464 e. The molecule has 0 bridgehead atoms. The molecule has 2 saturated heterocycles. The molecule has 3 rings (SSSR count). The standard InChI is InChI=1S/C16H22N4O4S/c1-2-24-14(22)12-5-3-4-7-19(12)13(21)9-11-10-25-16(18-11)20-8-6-17-15(20)23/h10,12H,2-9H2,1H3,(H,17,23). The third kappa shape index (κ3) is 3.92. The number of ether oxygens (including phenoxy) is 1. The molecule has 136 valence electrons. The molecule has 3 heterocycles. The molecule has 2 aliphatic rings. The lowest BCUT2D eigenvalue weighted by Gasteiger charge is -2.33. The lowest BCUT2D eigenvalue weighted by molar-refractivity contribution is -0.156. The Morgan fingerprint density at radius 1 is 1.40 bits per heavy atom. The molecule has 25 heavy (non-hydrogen) atoms. The van der Waals surface area contributed by atoms with Crippen LogP contribution in [0.15, 0.2) is 5.38 Å². The Kier molecular flexibility index (Phi) is 5.52. The fraction of sp³-hybridized carbons (Fsp3) is 0.625. The predicted molar refractivity (Wildman–Crippen MR) is 92.5 cm³/mol. The summed E-state index contributed by atoms with van der Waals surface area (Å²) >= 11 is 1.35. The Morgan fingerprint density at radius 3 is 2.96 bits per heavy atom. The van der Waals surface area contributed by atoms with Crippen molar-refractivity contribution in [3.63, 3.8) is 0 Å². The zero-order chi connectivity index (χ0) is 17.8. The zero-order valence-corrected chi connectivity index (χ0v) is 15.0. The fourth-order valence-corrected chi connectivity index (χ4v) is 3.97. The van der Waals surface area contributed by atoms with Crippen LogP contribution in [0, 0.1) is 0 Å². The summed E-state index contributed by atoms with van der Waals surface area (Å²) in [6.07, 6.45) is 2.57. The molecule has 0 aromatic carbocycles. The molecule has 0 radical (unpaired) electrons. The molecule has 1 atom stereocenters. The number of nitrogens with one attached hydrogen (secondary N) is 1. The molecule has 1 N–H and O–H groups in total. The molecule has 0 spiro atoms. The number of carbonyl (C=O) groups is 3. The molecule has 3 amide bonds. The van der Waals surface area contributed by atoms with E-state index in [1.807, 2.05) is 0 Å². The van der Waals surface area contributed by atoms with Crippen molar-refractivity contribution in [2.75, 3.05) is 31.1 Å². The van der Waals surface area contributed by atoms with Crippen LogP contribution in [-0.4, -0.2) is 60.1 Å². The van der Waals surface area contributed by atoms with Crippen LogP contribution >= 0.6 is 11.3 Å². The van der Waals surface area contributed by atoms with Crippen LogP contribution in [0.4, 0.5) is 9.93 Å². The Morgan fingerprint density at radius 2 is 2.24 bits per heavy atom. The number of rotatable bonds is 5. The third-order valence-electron chi connectivity index (χ3n) is 4.34. The number of hydrogen-bond donors (Lipinski definition) is 1. The van der Waals surface area contributed by atoms with Crippen molar-refractivity contribution < 1.29 is 19.1 Å². The van der Waals surface area contributed by atoms with Gasteiger partial charge in [-0.1, -0.05) is 0 Å². The Balaban J connectivity index is 1.65. The van der Waals surface area contributed by atoms with Crippen molar-refractivity contribution in [2.45, 2.75) is 38.6 Å². The molecule has 1 aromatic rings. The van der Waals surface area contributed by atoms with E-state index in [4.69, 9.17) is 4.74 Å². The summed E-state index contributed by atoms with van der Waals surface area (Å²) < 4.78 is 5.10. The molecular formula is C16H22N4O4S. The minimum absolute atomic E-state index is 0.125. The van der Waals surface area contributed by atoms with Crippen LogP contribution in [-0.2, 0) is 20.7 Å². The fourth-order valence-electron chi connectivity index (χ4n) is 3.13. The van der Waals surface area contributed by atoms with Crippen LogP contribution in [0.3, 0.4) is 0 Å². The maximum atomic E-state index is 12.7. The lowest BCUT2D eigenvalue weighted by Crippen LogP contribution is -2.49. The van der Waals surface area contributed by atoms with Crippen LogP contribution in [0.1, 0.15) is 31.9 Å². The predicted octanol–water partition coefficient (Wildman–Crippen LogP) is 1.16. The van der Waals surface area contributed by atoms with E-state index >= 15 is 0 Å². The van der Waals surface area contributed by atoms with Crippen molar-refractivity contribution in [3.05, 3.63) is 11.1 Å². The van der Waals surface area contributed by atoms with Gasteiger partial charge in [0.25, 0.3) is 0 Å². The summed E-state index contributed by atoms with van der Waals surface area (Å²) in [5.41, 5.74) is 0.623. The molecule has 9 heteroatoms. The number of thiazole rings is 1. The summed E-state index contributed by atoms with van der Waals surface area (Å²) in [6, 6.07) is -0.658. The van der Waals surface area contributed by atoms with E-state index in [-0.39, 0.29) is 24.3 Å². The first-order valence-corrected chi connectivity index (χ1v) is 9.44. The zero-order valence-electron chi connectivity index (χ0n) is 14.2. The van der Waals surface area contributed by atoms with Gasteiger partial charge >= 0.3 is 12.0 Å². The molecule has 0 saturated carbocycles. The first-order chi connectivity index (χ1) is 12.1. The first kappa shape index (κ1) is 17.7. The largest absolute Gasteiger partial charge is 0.464 e. The van der Waals surface area contributed by atoms with Gasteiger partial charge < -0.3 is 15.0 Å². The monoisotopic (exact) mass is 366 g/mol. The van der Waals surface area contributed by atoms with Crippen LogP contribution in [0.25, 0.3) is 0 Å². The van der Waals surface area contributed by atoms with E-state index in [2.05, 4.69) is 10.3 Å². The van der Waals surface area contributed by atoms with E-state index in [0.29, 0.717) is 43.5 Å². The highest BCUT2D eigenvalue weighted by molar-refractivity contribution is 7.14. The van der Waals surface area contributed by atoms with Gasteiger partial charge in [-0.15, -0.1) is 11.3 Å². The van der Waals surface area contributed by atoms with Crippen molar-refractivity contribution in [2.24, 2.45) is 0 Å². The topological polar surface area (TPSA) is 91.8 Å². The summed E-state index contributed by atoms with van der Waals surface area (Å²) in [6.45, 7) is 3.81. The molecule has 0 aliphatic carbocycles. The van der Waals surface area contributed by atoms with E-state index in [0.717, 1.165) is 12.8 Å². The van der Waals surface area contributed by atoms with Gasteiger partial charge in [0, 0.05) is 25.0 Å². The quantitative estimate of drug-likeness (QED) is 0.790. The number of urea groups is 1. The number of esters is 1. The van der Waals surface area contributed by atoms with Gasteiger partial charge in [-0.3, -0.25) is 9.69 Å². The summed E-state index contributed by atoms with van der Waals surface area (Å²) in [5.74, 6) is -0.455. The number of anilines is 1. The van der Waals surface area contributed by atoms with Crippen molar-refractivity contribution in [1.29, 1.82) is 0 Å². The highest BCUT2D eigenvalue weighted by Crippen LogP contribution is 2.24. The SMILES string of the molecule is CCOC(=O)C1CCCCN1C(=O)Cc1csc(N2CCNC2=O)n1. The van der Waals surface area contributed by atoms with Crippen molar-refractivity contribution in [3.8, 4) is 0 Å². The first-order valence-electron chi connectivity index (χ1n) is 8.56. The number of likely N-dealkylation sites (tertiary alicyclic amines) is 1. The number of nitrogens with zero attached hydrogens (tertiary/aromatic N) is 3. The van der Waals surface area contributed by atoms with Crippen LogP contribution in [0.2, 0.25) is 0 Å². The number of hydrogen-bond acceptors (Lipinski definition) is 6. The molecule has 2 aliphatic heterocycles. The number of piperidine rings is 1. The normalized spacial score (nSPS) is 20.5. The van der Waals surface area contributed by atoms with Gasteiger partial charge in [-0.05, 0) is 26.2 Å². The van der Waals surface area contributed by atoms with Crippen LogP contribution < -0.4 is 10.2 Å². The highest BCUT2D eigenvalue weighted by Gasteiger charge is 2.33. The smallest absolute Gasteiger partial charge is 0.328 e. The number of carbonyl (C=O) groups excluding carboxylic acids is 3. The van der Waals surface area contributed by atoms with E-state index in [1.54, 1.807) is 22.1 Å². The van der Waals surface area contributed by atoms with Gasteiger partial charge in [0.1, 0.15) is 6.04 Å². The molecular weight excluding hydrogens is 344 g/mol. The Labute approximate surface area is 150 Å². The van der Waals surface area contributed by atoms with Gasteiger partial charge in [0.2, 0.25) is 5.91 Å². The summed E-state index contributed by atoms with van der Waals surface area (Å²) in [5, 5.41) is 5.12. The summed E-state index contributed by atoms with van der Waals surface area (Å²) in [4.78, 5) is 44.0. The number of aromatic nitrogens is 1. The second kappa shape index (κ2) is 7.81. The van der Waals surface area contributed by atoms with Crippen LogP contribution in [0.5, 0.6) is 0 Å². The average Bonchev–Trinajstić information content (AvgIpc) is 3.23. The molecule has 1 unspecified atom stereocenters. The minimum atomic E-state index is -0.497. The maximum absolute atomic E-state index is 12.7. The molecule has 8 nitrogen and oxygen atoms in total. The van der Waals surface area contributed by atoms with Gasteiger partial charge in [-0.25, -0.2) is 14.6 Å². The maximum Gasteiger partial charge on any atom is 0.328 e. The Hall–Kier alpha value is -2.16. The van der Waals surface area contributed by atoms with E-state index in [9.17, 15) is 14.4 Å². The molecule has 1 aromatic heterocycles. The molecule has 2 fully saturated rings. The third-order valence-corrected chi connectivity index (χ3v) is 5.25. The highest BCUT2D eigenvalue weighted by atomic mass is 32.1. The lowest BCUT2D eigenvalue weighted by atomic mass is 10.0. The Bertz CT molecular complexity index is 662. The van der Waals surface area contributed by atoms with Gasteiger partial charge in [-0.2, -0.15) is 0 Å². The van der Waals surface area contributed by atoms with E-state index in [1.165, 1.54) is 11.3 Å². The number of amides is 3. The van der Waals surface area contributed by atoms with Gasteiger partial charge in [0.15, 0.2) is 5.13 Å². The van der Waals surface area contributed by atoms with Gasteiger partial charge in [0.05, 0.1) is 18.7 Å². The summed E-state index contributed by atoms with van der Waals surface area (Å²) in [7, 11) is 0. The van der Waals surface area contributed by atoms with Crippen molar-refractivity contribution >= 4 is 34.4 Å². The average molecular weight is 366 g/mol. The van der Waals surface area contributed by atoms with E-state index < -0.39 is 6.04 Å².